The second kappa shape index (κ2) is 8.32. The molecule has 0 aliphatic carbocycles. The number of hydrogen-bond acceptors (Lipinski definition) is 3. The van der Waals surface area contributed by atoms with Crippen LogP contribution in [0.5, 0.6) is 5.75 Å². The molecule has 1 unspecified atom stereocenters. The lowest BCUT2D eigenvalue weighted by molar-refractivity contribution is -0.384. The highest BCUT2D eigenvalue weighted by Gasteiger charge is 2.12. The number of benzene rings is 2. The first-order chi connectivity index (χ1) is 11.1. The normalized spacial score (nSPS) is 12.0. The molecule has 2 aromatic carbocycles. The maximum atomic E-state index is 10.7. The van der Waals surface area contributed by atoms with Gasteiger partial charge in [0.15, 0.2) is 0 Å². The highest BCUT2D eigenvalue weighted by atomic mass is 16.6. The van der Waals surface area contributed by atoms with Crippen molar-refractivity contribution in [2.45, 2.75) is 39.0 Å². The standard InChI is InChI=1S/C19H23NO3/c1-2-3-4-17(14-16-7-11-19(21)12-8-16)13-15-5-9-18(10-6-15)20(22)23/h5-12,17,21H,2-4,13-14H2,1H3. The summed E-state index contributed by atoms with van der Waals surface area (Å²) in [6.07, 6.45) is 5.34. The van der Waals surface area contributed by atoms with Crippen molar-refractivity contribution in [2.75, 3.05) is 0 Å². The van der Waals surface area contributed by atoms with Crippen LogP contribution in [0.2, 0.25) is 0 Å². The molecule has 0 aromatic heterocycles. The van der Waals surface area contributed by atoms with Crippen LogP contribution in [0.4, 0.5) is 5.69 Å². The predicted octanol–water partition coefficient (Wildman–Crippen LogP) is 4.89. The van der Waals surface area contributed by atoms with Gasteiger partial charge in [0.05, 0.1) is 4.92 Å². The van der Waals surface area contributed by atoms with Crippen LogP contribution in [-0.2, 0) is 12.8 Å². The van der Waals surface area contributed by atoms with E-state index in [4.69, 9.17) is 0 Å². The van der Waals surface area contributed by atoms with Gasteiger partial charge in [-0.25, -0.2) is 0 Å². The lowest BCUT2D eigenvalue weighted by atomic mass is 9.88. The Balaban J connectivity index is 2.05. The molecule has 0 saturated carbocycles. The predicted molar refractivity (Wildman–Crippen MR) is 91.6 cm³/mol. The fraction of sp³-hybridized carbons (Fsp3) is 0.368. The zero-order valence-electron chi connectivity index (χ0n) is 13.4. The SMILES string of the molecule is CCCCC(Cc1ccc(O)cc1)Cc1ccc([N+](=O)[O-])cc1. The number of phenolic OH excluding ortho intramolecular Hbond substituents is 1. The molecule has 0 saturated heterocycles. The molecule has 0 fully saturated rings. The second-order valence-electron chi connectivity index (χ2n) is 6.01. The Morgan fingerprint density at radius 1 is 1.00 bits per heavy atom. The van der Waals surface area contributed by atoms with Gasteiger partial charge in [0.25, 0.3) is 5.69 Å². The van der Waals surface area contributed by atoms with E-state index < -0.39 is 0 Å². The lowest BCUT2D eigenvalue weighted by Crippen LogP contribution is -2.08. The topological polar surface area (TPSA) is 63.4 Å². The summed E-state index contributed by atoms with van der Waals surface area (Å²) in [5.74, 6) is 0.787. The monoisotopic (exact) mass is 313 g/mol. The molecule has 1 N–H and O–H groups in total. The summed E-state index contributed by atoms with van der Waals surface area (Å²) < 4.78 is 0. The summed E-state index contributed by atoms with van der Waals surface area (Å²) in [5.41, 5.74) is 2.48. The van der Waals surface area contributed by atoms with E-state index in [1.165, 1.54) is 12.0 Å². The molecular formula is C19H23NO3. The Kier molecular flexibility index (Phi) is 6.15. The first kappa shape index (κ1) is 17.0. The molecule has 4 heteroatoms. The van der Waals surface area contributed by atoms with Gasteiger partial charge in [0, 0.05) is 12.1 Å². The van der Waals surface area contributed by atoms with E-state index in [2.05, 4.69) is 6.92 Å². The van der Waals surface area contributed by atoms with Gasteiger partial charge in [-0.05, 0) is 48.4 Å². The Morgan fingerprint density at radius 3 is 2.00 bits per heavy atom. The average Bonchev–Trinajstić information content (AvgIpc) is 2.55. The fourth-order valence-corrected chi connectivity index (χ4v) is 2.82. The van der Waals surface area contributed by atoms with Crippen LogP contribution in [0.3, 0.4) is 0 Å². The van der Waals surface area contributed by atoms with Crippen molar-refractivity contribution in [3.8, 4) is 5.75 Å². The number of nitro groups is 1. The third-order valence-electron chi connectivity index (χ3n) is 4.10. The Bertz CT molecular complexity index is 620. The average molecular weight is 313 g/mol. The minimum absolute atomic E-state index is 0.136. The van der Waals surface area contributed by atoms with Gasteiger partial charge in [-0.1, -0.05) is 44.0 Å². The van der Waals surface area contributed by atoms with E-state index in [9.17, 15) is 15.2 Å². The molecular weight excluding hydrogens is 290 g/mol. The molecule has 0 radical (unpaired) electrons. The number of nitrogens with zero attached hydrogens (tertiary/aromatic N) is 1. The van der Waals surface area contributed by atoms with Crippen molar-refractivity contribution in [1.29, 1.82) is 0 Å². The molecule has 122 valence electrons. The Morgan fingerprint density at radius 2 is 1.52 bits per heavy atom. The molecule has 0 aliphatic rings. The molecule has 2 aromatic rings. The summed E-state index contributed by atoms with van der Waals surface area (Å²) in [7, 11) is 0. The molecule has 0 bridgehead atoms. The number of nitro benzene ring substituents is 1. The maximum Gasteiger partial charge on any atom is 0.269 e. The van der Waals surface area contributed by atoms with Gasteiger partial charge >= 0.3 is 0 Å². The van der Waals surface area contributed by atoms with E-state index in [0.29, 0.717) is 5.92 Å². The number of phenols is 1. The molecule has 0 amide bonds. The molecule has 0 spiro atoms. The molecule has 1 atom stereocenters. The summed E-state index contributed by atoms with van der Waals surface area (Å²) in [4.78, 5) is 10.4. The van der Waals surface area contributed by atoms with Crippen LogP contribution in [0, 0.1) is 16.0 Å². The third-order valence-corrected chi connectivity index (χ3v) is 4.10. The van der Waals surface area contributed by atoms with Crippen molar-refractivity contribution in [3.63, 3.8) is 0 Å². The van der Waals surface area contributed by atoms with E-state index in [1.807, 2.05) is 24.3 Å². The highest BCUT2D eigenvalue weighted by molar-refractivity contribution is 5.33. The minimum Gasteiger partial charge on any atom is -0.508 e. The van der Waals surface area contributed by atoms with Crippen molar-refractivity contribution in [3.05, 3.63) is 69.8 Å². The Labute approximate surface area is 136 Å². The van der Waals surface area contributed by atoms with Gasteiger partial charge in [-0.3, -0.25) is 10.1 Å². The van der Waals surface area contributed by atoms with E-state index in [1.54, 1.807) is 24.3 Å². The maximum absolute atomic E-state index is 10.7. The van der Waals surface area contributed by atoms with Crippen molar-refractivity contribution in [1.82, 2.24) is 0 Å². The molecule has 23 heavy (non-hydrogen) atoms. The fourth-order valence-electron chi connectivity index (χ4n) is 2.82. The van der Waals surface area contributed by atoms with Gasteiger partial charge in [0.2, 0.25) is 0 Å². The van der Waals surface area contributed by atoms with Gasteiger partial charge in [0.1, 0.15) is 5.75 Å². The lowest BCUT2D eigenvalue weighted by Gasteiger charge is -2.17. The minimum atomic E-state index is -0.366. The van der Waals surface area contributed by atoms with Gasteiger partial charge < -0.3 is 5.11 Å². The first-order valence-corrected chi connectivity index (χ1v) is 8.09. The summed E-state index contributed by atoms with van der Waals surface area (Å²) in [6.45, 7) is 2.18. The van der Waals surface area contributed by atoms with E-state index in [-0.39, 0.29) is 16.4 Å². The summed E-state index contributed by atoms with van der Waals surface area (Å²) >= 11 is 0. The molecule has 2 rings (SSSR count). The van der Waals surface area contributed by atoms with Crippen LogP contribution in [0.15, 0.2) is 48.5 Å². The number of non-ortho nitro benzene ring substituents is 1. The zero-order valence-corrected chi connectivity index (χ0v) is 13.4. The van der Waals surface area contributed by atoms with Crippen molar-refractivity contribution < 1.29 is 10.0 Å². The van der Waals surface area contributed by atoms with Crippen molar-refractivity contribution >= 4 is 5.69 Å². The zero-order chi connectivity index (χ0) is 16.7. The molecule has 0 heterocycles. The van der Waals surface area contributed by atoms with Crippen LogP contribution >= 0.6 is 0 Å². The summed E-state index contributed by atoms with van der Waals surface area (Å²) in [6, 6.07) is 14.2. The van der Waals surface area contributed by atoms with Crippen LogP contribution in [0.1, 0.15) is 37.3 Å². The first-order valence-electron chi connectivity index (χ1n) is 8.09. The second-order valence-corrected chi connectivity index (χ2v) is 6.01. The van der Waals surface area contributed by atoms with Crippen LogP contribution < -0.4 is 0 Å². The smallest absolute Gasteiger partial charge is 0.269 e. The number of unbranched alkanes of at least 4 members (excludes halogenated alkanes) is 1. The van der Waals surface area contributed by atoms with Crippen LogP contribution in [-0.4, -0.2) is 10.0 Å². The number of rotatable bonds is 8. The summed E-state index contributed by atoms with van der Waals surface area (Å²) in [5, 5.41) is 20.1. The van der Waals surface area contributed by atoms with E-state index >= 15 is 0 Å². The van der Waals surface area contributed by atoms with Crippen molar-refractivity contribution in [2.24, 2.45) is 5.92 Å². The quantitative estimate of drug-likeness (QED) is 0.557. The molecule has 0 aliphatic heterocycles. The van der Waals surface area contributed by atoms with Gasteiger partial charge in [-0.2, -0.15) is 0 Å². The number of hydrogen-bond donors (Lipinski definition) is 1. The van der Waals surface area contributed by atoms with Crippen LogP contribution in [0.25, 0.3) is 0 Å². The third kappa shape index (κ3) is 5.40. The van der Waals surface area contributed by atoms with E-state index in [0.717, 1.165) is 31.2 Å². The Hall–Kier alpha value is -2.36. The molecule has 4 nitrogen and oxygen atoms in total. The highest BCUT2D eigenvalue weighted by Crippen LogP contribution is 2.23. The largest absolute Gasteiger partial charge is 0.508 e. The van der Waals surface area contributed by atoms with Gasteiger partial charge in [-0.15, -0.1) is 0 Å². The number of aromatic hydroxyl groups is 1.